The number of hydrogen-bond donors (Lipinski definition) is 2. The zero-order valence-electron chi connectivity index (χ0n) is 6.64. The van der Waals surface area contributed by atoms with Gasteiger partial charge in [0.1, 0.15) is 0 Å². The smallest absolute Gasteiger partial charge is 0.162 e. The molecule has 0 atom stereocenters. The molecule has 0 unspecified atom stereocenters. The van der Waals surface area contributed by atoms with Crippen LogP contribution in [0.1, 0.15) is 20.8 Å². The highest BCUT2D eigenvalue weighted by Gasteiger charge is 1.94. The van der Waals surface area contributed by atoms with Crippen LogP contribution < -0.4 is 5.73 Å². The van der Waals surface area contributed by atoms with E-state index in [2.05, 4.69) is 0 Å². The van der Waals surface area contributed by atoms with Gasteiger partial charge >= 0.3 is 0 Å². The molecular weight excluding hydrogens is 128 g/mol. The second-order valence-corrected chi connectivity index (χ2v) is 1.32. The van der Waals surface area contributed by atoms with Crippen LogP contribution in [0.25, 0.3) is 0 Å². The van der Waals surface area contributed by atoms with Gasteiger partial charge in [-0.05, 0) is 6.92 Å². The maximum atomic E-state index is 10.3. The average Bonchev–Trinajstić information content (AvgIpc) is 1.94. The lowest BCUT2D eigenvalue weighted by molar-refractivity contribution is -0.113. The summed E-state index contributed by atoms with van der Waals surface area (Å²) in [5.74, 6) is -0.178. The summed E-state index contributed by atoms with van der Waals surface area (Å²) in [4.78, 5) is 10.3. The van der Waals surface area contributed by atoms with Crippen LogP contribution in [0.2, 0.25) is 0 Å². The molecule has 0 aromatic heterocycles. The standard InChI is InChI=1S/C5H8N2O.C2H6/c1-4(8)5(2-6)3-7;1-2/h2-3,6H,7H2,1H3;1-2H3/b5-3+,6-2?;. The highest BCUT2D eigenvalue weighted by atomic mass is 16.1. The molecule has 0 bridgehead atoms. The summed E-state index contributed by atoms with van der Waals surface area (Å²) in [5.41, 5.74) is 5.19. The van der Waals surface area contributed by atoms with E-state index in [1.807, 2.05) is 13.8 Å². The summed E-state index contributed by atoms with van der Waals surface area (Å²) < 4.78 is 0. The van der Waals surface area contributed by atoms with E-state index in [1.165, 1.54) is 6.92 Å². The predicted molar refractivity (Wildman–Crippen MR) is 43.1 cm³/mol. The number of Topliss-reactive ketones (excluding diaryl/α,β-unsaturated/α-hetero) is 1. The van der Waals surface area contributed by atoms with Crippen molar-refractivity contribution in [3.05, 3.63) is 11.8 Å². The van der Waals surface area contributed by atoms with Crippen LogP contribution in [-0.4, -0.2) is 12.0 Å². The molecule has 0 radical (unpaired) electrons. The van der Waals surface area contributed by atoms with Gasteiger partial charge in [0, 0.05) is 12.4 Å². The molecule has 0 aromatic carbocycles. The SMILES string of the molecule is CC.CC(=O)/C(C=N)=C/N. The predicted octanol–water partition coefficient (Wildman–Crippen LogP) is 1.09. The minimum Gasteiger partial charge on any atom is -0.404 e. The zero-order chi connectivity index (χ0) is 8.57. The van der Waals surface area contributed by atoms with Gasteiger partial charge in [-0.2, -0.15) is 0 Å². The number of allylic oxidation sites excluding steroid dienone is 1. The van der Waals surface area contributed by atoms with E-state index in [1.54, 1.807) is 0 Å². The van der Waals surface area contributed by atoms with Crippen molar-refractivity contribution in [2.75, 3.05) is 0 Å². The Balaban J connectivity index is 0. The van der Waals surface area contributed by atoms with E-state index in [9.17, 15) is 4.79 Å². The van der Waals surface area contributed by atoms with Gasteiger partial charge in [0.25, 0.3) is 0 Å². The maximum absolute atomic E-state index is 10.3. The molecule has 3 heteroatoms. The maximum Gasteiger partial charge on any atom is 0.162 e. The second-order valence-electron chi connectivity index (χ2n) is 1.32. The van der Waals surface area contributed by atoms with E-state index in [0.717, 1.165) is 12.4 Å². The molecule has 0 heterocycles. The van der Waals surface area contributed by atoms with Crippen LogP contribution in [0, 0.1) is 5.41 Å². The molecule has 0 fully saturated rings. The number of ketones is 1. The number of nitrogens with two attached hydrogens (primary N) is 1. The van der Waals surface area contributed by atoms with Gasteiger partial charge < -0.3 is 11.1 Å². The lowest BCUT2D eigenvalue weighted by atomic mass is 10.2. The minimum atomic E-state index is -0.178. The Morgan fingerprint density at radius 2 is 1.90 bits per heavy atom. The van der Waals surface area contributed by atoms with E-state index >= 15 is 0 Å². The summed E-state index contributed by atoms with van der Waals surface area (Å²) in [7, 11) is 0. The first-order chi connectivity index (χ1) is 4.72. The molecule has 10 heavy (non-hydrogen) atoms. The van der Waals surface area contributed by atoms with Crippen molar-refractivity contribution in [1.29, 1.82) is 5.41 Å². The van der Waals surface area contributed by atoms with Crippen LogP contribution in [0.4, 0.5) is 0 Å². The minimum absolute atomic E-state index is 0.178. The first kappa shape index (κ1) is 11.6. The molecule has 0 rings (SSSR count). The lowest BCUT2D eigenvalue weighted by Gasteiger charge is -1.86. The quantitative estimate of drug-likeness (QED) is 0.447. The number of nitrogens with one attached hydrogen (secondary N) is 1. The Bertz CT molecular complexity index is 139. The van der Waals surface area contributed by atoms with Crippen molar-refractivity contribution in [3.8, 4) is 0 Å². The molecule has 3 N–H and O–H groups in total. The molecule has 0 spiro atoms. The van der Waals surface area contributed by atoms with Gasteiger partial charge in [-0.15, -0.1) is 0 Å². The average molecular weight is 142 g/mol. The summed E-state index contributed by atoms with van der Waals surface area (Å²) in [6.45, 7) is 5.36. The van der Waals surface area contributed by atoms with Gasteiger partial charge in [0.2, 0.25) is 0 Å². The summed E-state index contributed by atoms with van der Waals surface area (Å²) in [6.07, 6.45) is 2.05. The van der Waals surface area contributed by atoms with Crippen molar-refractivity contribution >= 4 is 12.0 Å². The molecule has 0 saturated carbocycles. The molecular formula is C7H14N2O. The molecule has 0 aliphatic rings. The Morgan fingerprint density at radius 1 is 1.50 bits per heavy atom. The molecule has 0 aliphatic carbocycles. The van der Waals surface area contributed by atoms with Gasteiger partial charge in [-0.1, -0.05) is 13.8 Å². The summed E-state index contributed by atoms with van der Waals surface area (Å²) >= 11 is 0. The molecule has 0 aliphatic heterocycles. The fourth-order valence-electron chi connectivity index (χ4n) is 0.267. The van der Waals surface area contributed by atoms with Crippen LogP contribution in [0.15, 0.2) is 11.8 Å². The summed E-state index contributed by atoms with van der Waals surface area (Å²) in [5, 5.41) is 6.60. The largest absolute Gasteiger partial charge is 0.404 e. The Hall–Kier alpha value is -1.12. The van der Waals surface area contributed by atoms with Gasteiger partial charge in [0.05, 0.1) is 5.57 Å². The fraction of sp³-hybridized carbons (Fsp3) is 0.429. The van der Waals surface area contributed by atoms with E-state index in [4.69, 9.17) is 11.1 Å². The van der Waals surface area contributed by atoms with Crippen LogP contribution in [-0.2, 0) is 4.79 Å². The molecule has 3 nitrogen and oxygen atoms in total. The Labute approximate surface area is 61.4 Å². The van der Waals surface area contributed by atoms with Crippen molar-refractivity contribution in [2.24, 2.45) is 5.73 Å². The summed E-state index contributed by atoms with van der Waals surface area (Å²) in [6, 6.07) is 0. The normalized spacial score (nSPS) is 9.30. The van der Waals surface area contributed by atoms with E-state index in [0.29, 0.717) is 0 Å². The van der Waals surface area contributed by atoms with E-state index in [-0.39, 0.29) is 11.4 Å². The van der Waals surface area contributed by atoms with Crippen LogP contribution in [0.3, 0.4) is 0 Å². The number of rotatable bonds is 2. The van der Waals surface area contributed by atoms with Gasteiger partial charge in [0.15, 0.2) is 5.78 Å². The second kappa shape index (κ2) is 7.88. The first-order valence-corrected chi connectivity index (χ1v) is 3.15. The van der Waals surface area contributed by atoms with Gasteiger partial charge in [-0.25, -0.2) is 0 Å². The van der Waals surface area contributed by atoms with Crippen LogP contribution in [0.5, 0.6) is 0 Å². The highest BCUT2D eigenvalue weighted by molar-refractivity contribution is 6.11. The van der Waals surface area contributed by atoms with Crippen molar-refractivity contribution in [2.45, 2.75) is 20.8 Å². The Kier molecular flexibility index (Phi) is 9.18. The Morgan fingerprint density at radius 3 is 1.90 bits per heavy atom. The molecule has 0 saturated heterocycles. The lowest BCUT2D eigenvalue weighted by Crippen LogP contribution is -1.99. The van der Waals surface area contributed by atoms with Crippen LogP contribution >= 0.6 is 0 Å². The van der Waals surface area contributed by atoms with Gasteiger partial charge in [-0.3, -0.25) is 4.79 Å². The van der Waals surface area contributed by atoms with E-state index < -0.39 is 0 Å². The fourth-order valence-corrected chi connectivity index (χ4v) is 0.267. The van der Waals surface area contributed by atoms with Crippen molar-refractivity contribution < 1.29 is 4.79 Å². The zero-order valence-corrected chi connectivity index (χ0v) is 6.64. The highest BCUT2D eigenvalue weighted by Crippen LogP contribution is 1.85. The number of carbonyl (C=O) groups excluding carboxylic acids is 1. The number of carbonyl (C=O) groups is 1. The topological polar surface area (TPSA) is 66.9 Å². The third-order valence-corrected chi connectivity index (χ3v) is 0.742. The first-order valence-electron chi connectivity index (χ1n) is 3.15. The van der Waals surface area contributed by atoms with Crippen molar-refractivity contribution in [1.82, 2.24) is 0 Å². The third kappa shape index (κ3) is 5.03. The molecule has 0 aromatic rings. The van der Waals surface area contributed by atoms with Crippen molar-refractivity contribution in [3.63, 3.8) is 0 Å². The molecule has 0 amide bonds. The monoisotopic (exact) mass is 142 g/mol. The third-order valence-electron chi connectivity index (χ3n) is 0.742. The molecule has 58 valence electrons. The number of hydrogen-bond acceptors (Lipinski definition) is 3.